The Morgan fingerprint density at radius 2 is 2.27 bits per heavy atom. The van der Waals surface area contributed by atoms with Gasteiger partial charge in [-0.25, -0.2) is 0 Å². The second-order valence-electron chi connectivity index (χ2n) is 4.30. The van der Waals surface area contributed by atoms with Crippen LogP contribution >= 0.6 is 7.37 Å². The Morgan fingerprint density at radius 3 is 2.80 bits per heavy atom. The van der Waals surface area contributed by atoms with Crippen LogP contribution in [0.5, 0.6) is 0 Å². The van der Waals surface area contributed by atoms with Crippen molar-refractivity contribution in [2.75, 3.05) is 12.3 Å². The molecule has 0 aromatic heterocycles. The van der Waals surface area contributed by atoms with Crippen LogP contribution in [-0.4, -0.2) is 28.4 Å². The van der Waals surface area contributed by atoms with Crippen LogP contribution in [0.2, 0.25) is 0 Å². The van der Waals surface area contributed by atoms with Crippen molar-refractivity contribution in [3.05, 3.63) is 11.6 Å². The Kier molecular flexibility index (Phi) is 5.04. The lowest BCUT2D eigenvalue weighted by Crippen LogP contribution is -1.98. The molecule has 0 heterocycles. The molecule has 2 N–H and O–H groups in total. The SMILES string of the molecule is CCP(=O)(O)CCCCC1=CC[C@@H](O)C1. The molecule has 3 nitrogen and oxygen atoms in total. The lowest BCUT2D eigenvalue weighted by atomic mass is 10.1. The van der Waals surface area contributed by atoms with E-state index in [-0.39, 0.29) is 6.10 Å². The minimum Gasteiger partial charge on any atom is -0.392 e. The summed E-state index contributed by atoms with van der Waals surface area (Å²) in [6, 6.07) is 0. The van der Waals surface area contributed by atoms with Crippen molar-refractivity contribution >= 4 is 7.37 Å². The van der Waals surface area contributed by atoms with Crippen LogP contribution in [-0.2, 0) is 4.57 Å². The van der Waals surface area contributed by atoms with Gasteiger partial charge in [0.1, 0.15) is 0 Å². The molecule has 0 amide bonds. The van der Waals surface area contributed by atoms with E-state index in [1.54, 1.807) is 6.92 Å². The van der Waals surface area contributed by atoms with Crippen LogP contribution in [0.25, 0.3) is 0 Å². The van der Waals surface area contributed by atoms with E-state index >= 15 is 0 Å². The van der Waals surface area contributed by atoms with E-state index in [1.807, 2.05) is 0 Å². The third-order valence-electron chi connectivity index (χ3n) is 2.93. The van der Waals surface area contributed by atoms with Gasteiger partial charge in [-0.1, -0.05) is 18.6 Å². The summed E-state index contributed by atoms with van der Waals surface area (Å²) in [7, 11) is -2.82. The quantitative estimate of drug-likeness (QED) is 0.420. The van der Waals surface area contributed by atoms with Crippen molar-refractivity contribution in [1.29, 1.82) is 0 Å². The number of hydrogen-bond donors (Lipinski definition) is 2. The van der Waals surface area contributed by atoms with Gasteiger partial charge in [-0.3, -0.25) is 4.57 Å². The summed E-state index contributed by atoms with van der Waals surface area (Å²) in [4.78, 5) is 9.36. The second kappa shape index (κ2) is 5.83. The zero-order valence-corrected chi connectivity index (χ0v) is 10.2. The lowest BCUT2D eigenvalue weighted by molar-refractivity contribution is 0.187. The molecule has 0 fully saturated rings. The molecule has 88 valence electrons. The molecule has 1 aliphatic carbocycles. The summed E-state index contributed by atoms with van der Waals surface area (Å²) in [5.74, 6) is 0. The van der Waals surface area contributed by atoms with Crippen LogP contribution in [0.1, 0.15) is 39.0 Å². The van der Waals surface area contributed by atoms with E-state index in [0.717, 1.165) is 32.1 Å². The van der Waals surface area contributed by atoms with Gasteiger partial charge in [-0.15, -0.1) is 0 Å². The molecule has 0 bridgehead atoms. The van der Waals surface area contributed by atoms with E-state index in [2.05, 4.69) is 6.08 Å². The Labute approximate surface area is 91.7 Å². The normalized spacial score (nSPS) is 25.0. The zero-order valence-electron chi connectivity index (χ0n) is 9.35. The molecule has 15 heavy (non-hydrogen) atoms. The highest BCUT2D eigenvalue weighted by Gasteiger charge is 2.16. The molecule has 0 saturated carbocycles. The van der Waals surface area contributed by atoms with Crippen molar-refractivity contribution in [1.82, 2.24) is 0 Å². The molecular weight excluding hydrogens is 211 g/mol. The maximum Gasteiger partial charge on any atom is 0.200 e. The Bertz CT molecular complexity index is 273. The van der Waals surface area contributed by atoms with Crippen LogP contribution in [0.15, 0.2) is 11.6 Å². The average Bonchev–Trinajstić information content (AvgIpc) is 2.59. The minimum absolute atomic E-state index is 0.181. The summed E-state index contributed by atoms with van der Waals surface area (Å²) in [6.45, 7) is 1.76. The molecule has 1 aliphatic rings. The maximum absolute atomic E-state index is 11.3. The van der Waals surface area contributed by atoms with E-state index in [0.29, 0.717) is 12.3 Å². The average molecular weight is 232 g/mol. The number of unbranched alkanes of at least 4 members (excludes halogenated alkanes) is 1. The van der Waals surface area contributed by atoms with Gasteiger partial charge in [0.2, 0.25) is 0 Å². The molecule has 0 radical (unpaired) electrons. The number of aliphatic hydroxyl groups is 1. The van der Waals surface area contributed by atoms with Gasteiger partial charge in [0.05, 0.1) is 6.10 Å². The van der Waals surface area contributed by atoms with Crippen molar-refractivity contribution < 1.29 is 14.6 Å². The van der Waals surface area contributed by atoms with Gasteiger partial charge < -0.3 is 10.00 Å². The summed E-state index contributed by atoms with van der Waals surface area (Å²) < 4.78 is 11.3. The summed E-state index contributed by atoms with van der Waals surface area (Å²) in [5, 5.41) is 9.29. The number of hydrogen-bond acceptors (Lipinski definition) is 2. The van der Waals surface area contributed by atoms with Crippen molar-refractivity contribution in [3.63, 3.8) is 0 Å². The molecule has 0 spiro atoms. The van der Waals surface area contributed by atoms with Crippen LogP contribution in [0, 0.1) is 0 Å². The van der Waals surface area contributed by atoms with Crippen LogP contribution in [0.3, 0.4) is 0 Å². The van der Waals surface area contributed by atoms with Crippen molar-refractivity contribution in [3.8, 4) is 0 Å². The fourth-order valence-electron chi connectivity index (χ4n) is 1.85. The van der Waals surface area contributed by atoms with E-state index in [1.165, 1.54) is 5.57 Å². The first-order chi connectivity index (χ1) is 7.03. The predicted octanol–water partition coefficient (Wildman–Crippen LogP) is 2.53. The summed E-state index contributed by atoms with van der Waals surface area (Å²) >= 11 is 0. The van der Waals surface area contributed by atoms with Crippen molar-refractivity contribution in [2.24, 2.45) is 0 Å². The Morgan fingerprint density at radius 1 is 1.53 bits per heavy atom. The third kappa shape index (κ3) is 4.96. The number of aliphatic hydroxyl groups excluding tert-OH is 1. The predicted molar refractivity (Wildman–Crippen MR) is 62.4 cm³/mol. The zero-order chi connectivity index (χ0) is 11.3. The van der Waals surface area contributed by atoms with Gasteiger partial charge in [0.25, 0.3) is 0 Å². The highest BCUT2D eigenvalue weighted by molar-refractivity contribution is 7.57. The Balaban J connectivity index is 2.10. The fraction of sp³-hybridized carbons (Fsp3) is 0.818. The third-order valence-corrected chi connectivity index (χ3v) is 4.93. The highest BCUT2D eigenvalue weighted by atomic mass is 31.2. The maximum atomic E-state index is 11.3. The highest BCUT2D eigenvalue weighted by Crippen LogP contribution is 2.40. The molecule has 1 rings (SSSR count). The van der Waals surface area contributed by atoms with E-state index in [9.17, 15) is 14.6 Å². The van der Waals surface area contributed by atoms with Gasteiger partial charge in [0, 0.05) is 12.3 Å². The van der Waals surface area contributed by atoms with Crippen LogP contribution < -0.4 is 0 Å². The van der Waals surface area contributed by atoms with E-state index in [4.69, 9.17) is 0 Å². The van der Waals surface area contributed by atoms with Gasteiger partial charge in [-0.05, 0) is 32.1 Å². The second-order valence-corrected chi connectivity index (χ2v) is 7.07. The first kappa shape index (κ1) is 13.0. The molecule has 2 atom stereocenters. The number of rotatable bonds is 6. The van der Waals surface area contributed by atoms with Crippen LogP contribution in [0.4, 0.5) is 0 Å². The first-order valence-corrected chi connectivity index (χ1v) is 7.73. The molecule has 0 aromatic carbocycles. The Hall–Kier alpha value is -0.110. The van der Waals surface area contributed by atoms with E-state index < -0.39 is 7.37 Å². The smallest absolute Gasteiger partial charge is 0.200 e. The van der Waals surface area contributed by atoms with Gasteiger partial charge >= 0.3 is 0 Å². The molecule has 0 aromatic rings. The minimum atomic E-state index is -2.82. The molecule has 1 unspecified atom stereocenters. The van der Waals surface area contributed by atoms with Gasteiger partial charge in [-0.2, -0.15) is 0 Å². The standard InChI is InChI=1S/C11H21O3P/c1-2-15(13,14)8-4-3-5-10-6-7-11(12)9-10/h6,11-12H,2-5,7-9H2,1H3,(H,13,14)/t11-/m1/s1. The first-order valence-electron chi connectivity index (χ1n) is 5.70. The van der Waals surface area contributed by atoms with Crippen molar-refractivity contribution in [2.45, 2.75) is 45.1 Å². The summed E-state index contributed by atoms with van der Waals surface area (Å²) in [6.07, 6.45) is 7.07. The molecule has 0 saturated heterocycles. The summed E-state index contributed by atoms with van der Waals surface area (Å²) in [5.41, 5.74) is 1.31. The van der Waals surface area contributed by atoms with Gasteiger partial charge in [0.15, 0.2) is 7.37 Å². The topological polar surface area (TPSA) is 57.5 Å². The lowest BCUT2D eigenvalue weighted by Gasteiger charge is -2.08. The fourth-order valence-corrected chi connectivity index (χ4v) is 2.88. The largest absolute Gasteiger partial charge is 0.392 e. The molecule has 0 aliphatic heterocycles. The molecular formula is C11H21O3P. The molecule has 4 heteroatoms. The monoisotopic (exact) mass is 232 g/mol.